The molecule has 0 unspecified atom stereocenters. The van der Waals surface area contributed by atoms with Crippen LogP contribution in [0.1, 0.15) is 30.2 Å². The van der Waals surface area contributed by atoms with Crippen molar-refractivity contribution in [2.24, 2.45) is 0 Å². The molecule has 5 nitrogen and oxygen atoms in total. The van der Waals surface area contributed by atoms with E-state index >= 15 is 0 Å². The molecule has 0 aliphatic carbocycles. The van der Waals surface area contributed by atoms with Gasteiger partial charge < -0.3 is 10.3 Å². The van der Waals surface area contributed by atoms with Crippen molar-refractivity contribution in [3.05, 3.63) is 51.4 Å². The van der Waals surface area contributed by atoms with Crippen molar-refractivity contribution in [3.63, 3.8) is 0 Å². The highest BCUT2D eigenvalue weighted by Crippen LogP contribution is 2.37. The van der Waals surface area contributed by atoms with Gasteiger partial charge in [-0.2, -0.15) is 26.3 Å². The molecule has 29 heavy (non-hydrogen) atoms. The van der Waals surface area contributed by atoms with Crippen molar-refractivity contribution in [2.45, 2.75) is 37.3 Å². The molecule has 2 rings (SSSR count). The number of hydrogen-bond acceptors (Lipinski definition) is 4. The molecule has 0 radical (unpaired) electrons. The largest absolute Gasteiger partial charge is 0.416 e. The average Bonchev–Trinajstić information content (AvgIpc) is 2.58. The minimum Gasteiger partial charge on any atom is -0.325 e. The second-order valence-corrected chi connectivity index (χ2v) is 6.89. The number of rotatable bonds is 6. The number of hydrogen-bond donors (Lipinski definition) is 2. The fourth-order valence-corrected chi connectivity index (χ4v) is 2.99. The second-order valence-electron chi connectivity index (χ2n) is 5.92. The third-order valence-corrected chi connectivity index (χ3v) is 4.36. The first kappa shape index (κ1) is 22.8. The Labute approximate surface area is 164 Å². The number of nitrogens with one attached hydrogen (secondary N) is 2. The van der Waals surface area contributed by atoms with Crippen LogP contribution in [0.15, 0.2) is 34.2 Å². The van der Waals surface area contributed by atoms with Crippen molar-refractivity contribution in [1.29, 1.82) is 0 Å². The molecule has 12 heteroatoms. The van der Waals surface area contributed by atoms with E-state index < -0.39 is 40.6 Å². The maximum absolute atomic E-state index is 12.9. The van der Waals surface area contributed by atoms with Crippen LogP contribution in [0.2, 0.25) is 0 Å². The summed E-state index contributed by atoms with van der Waals surface area (Å²) in [7, 11) is 0. The molecule has 2 aromatic rings. The monoisotopic (exact) mass is 439 g/mol. The molecule has 0 spiro atoms. The lowest BCUT2D eigenvalue weighted by atomic mass is 10.1. The number of alkyl halides is 6. The van der Waals surface area contributed by atoms with Gasteiger partial charge in [0, 0.05) is 17.4 Å². The number of nitrogens with zero attached hydrogens (tertiary/aromatic N) is 1. The molecule has 2 N–H and O–H groups in total. The smallest absolute Gasteiger partial charge is 0.325 e. The van der Waals surface area contributed by atoms with E-state index in [4.69, 9.17) is 0 Å². The van der Waals surface area contributed by atoms with Gasteiger partial charge in [-0.3, -0.25) is 9.59 Å². The number of halogens is 6. The lowest BCUT2D eigenvalue weighted by Gasteiger charge is -2.14. The Bertz CT molecular complexity index is 908. The number of amides is 1. The molecule has 0 fully saturated rings. The van der Waals surface area contributed by atoms with Crippen LogP contribution < -0.4 is 10.9 Å². The molecule has 0 atom stereocenters. The number of thioether (sulfide) groups is 1. The maximum Gasteiger partial charge on any atom is 0.416 e. The SMILES string of the molecule is CCCc1cc(=O)[nH]c(SCC(=O)Nc2cc(C(F)(F)F)cc(C(F)(F)F)c2)n1. The number of H-pyrrole nitrogens is 1. The highest BCUT2D eigenvalue weighted by atomic mass is 32.2. The molecule has 0 aliphatic heterocycles. The summed E-state index contributed by atoms with van der Waals surface area (Å²) in [5.41, 5.74) is -3.63. The molecule has 158 valence electrons. The third-order valence-electron chi connectivity index (χ3n) is 3.49. The first-order valence-electron chi connectivity index (χ1n) is 8.21. The summed E-state index contributed by atoms with van der Waals surface area (Å²) in [6.45, 7) is 1.88. The fraction of sp³-hybridized carbons (Fsp3) is 0.353. The van der Waals surface area contributed by atoms with Crippen LogP contribution in [0, 0.1) is 0 Å². The van der Waals surface area contributed by atoms with Gasteiger partial charge in [0.05, 0.1) is 16.9 Å². The highest BCUT2D eigenvalue weighted by molar-refractivity contribution is 7.99. The van der Waals surface area contributed by atoms with Crippen molar-refractivity contribution < 1.29 is 31.1 Å². The summed E-state index contributed by atoms with van der Waals surface area (Å²) < 4.78 is 77.1. The van der Waals surface area contributed by atoms with E-state index in [-0.39, 0.29) is 17.0 Å². The van der Waals surface area contributed by atoms with Gasteiger partial charge in [0.15, 0.2) is 5.16 Å². The Hall–Kier alpha value is -2.50. The van der Waals surface area contributed by atoms with Crippen LogP contribution in [-0.2, 0) is 23.6 Å². The highest BCUT2D eigenvalue weighted by Gasteiger charge is 2.37. The van der Waals surface area contributed by atoms with Crippen LogP contribution in [0.3, 0.4) is 0 Å². The Morgan fingerprint density at radius 3 is 2.17 bits per heavy atom. The second kappa shape index (κ2) is 8.89. The molecule has 1 aromatic carbocycles. The molecule has 1 aromatic heterocycles. The molecule has 0 bridgehead atoms. The predicted molar refractivity (Wildman–Crippen MR) is 94.7 cm³/mol. The Kier molecular flexibility index (Phi) is 6.98. The van der Waals surface area contributed by atoms with E-state index in [0.717, 1.165) is 18.2 Å². The van der Waals surface area contributed by atoms with Gasteiger partial charge in [-0.05, 0) is 24.6 Å². The van der Waals surface area contributed by atoms with Crippen LogP contribution >= 0.6 is 11.8 Å². The molecular formula is C17H15F6N3O2S. The number of aromatic amines is 1. The summed E-state index contributed by atoms with van der Waals surface area (Å²) >= 11 is 0.798. The molecule has 0 saturated heterocycles. The number of anilines is 1. The van der Waals surface area contributed by atoms with E-state index in [1.807, 2.05) is 12.2 Å². The van der Waals surface area contributed by atoms with E-state index in [1.165, 1.54) is 6.07 Å². The average molecular weight is 439 g/mol. The first-order valence-corrected chi connectivity index (χ1v) is 9.19. The number of benzene rings is 1. The lowest BCUT2D eigenvalue weighted by Crippen LogP contribution is -2.18. The molecule has 0 aliphatic rings. The van der Waals surface area contributed by atoms with Crippen LogP contribution in [0.4, 0.5) is 32.0 Å². The van der Waals surface area contributed by atoms with E-state index in [0.29, 0.717) is 24.2 Å². The van der Waals surface area contributed by atoms with Crippen LogP contribution in [0.25, 0.3) is 0 Å². The minimum atomic E-state index is -5.02. The zero-order chi connectivity index (χ0) is 21.8. The Balaban J connectivity index is 2.15. The zero-order valence-electron chi connectivity index (χ0n) is 14.9. The molecule has 0 saturated carbocycles. The fourth-order valence-electron chi connectivity index (χ4n) is 2.29. The van der Waals surface area contributed by atoms with Gasteiger partial charge in [0.2, 0.25) is 5.91 Å². The van der Waals surface area contributed by atoms with Crippen molar-refractivity contribution >= 4 is 23.4 Å². The van der Waals surface area contributed by atoms with Crippen molar-refractivity contribution in [1.82, 2.24) is 9.97 Å². The summed E-state index contributed by atoms with van der Waals surface area (Å²) in [5.74, 6) is -1.23. The minimum absolute atomic E-state index is 0.0295. The topological polar surface area (TPSA) is 74.8 Å². The van der Waals surface area contributed by atoms with Crippen LogP contribution in [0.5, 0.6) is 0 Å². The standard InChI is InChI=1S/C17H15F6N3O2S/c1-2-3-11-7-13(27)26-15(25-11)29-8-14(28)24-12-5-9(16(18,19)20)4-10(6-12)17(21,22)23/h4-7H,2-3,8H2,1H3,(H,24,28)(H,25,26,27). The van der Waals surface area contributed by atoms with Gasteiger partial charge in [0.25, 0.3) is 5.56 Å². The normalized spacial score (nSPS) is 12.1. The van der Waals surface area contributed by atoms with Crippen LogP contribution in [-0.4, -0.2) is 21.6 Å². The van der Waals surface area contributed by atoms with Gasteiger partial charge in [0.1, 0.15) is 0 Å². The van der Waals surface area contributed by atoms with Crippen molar-refractivity contribution in [3.8, 4) is 0 Å². The molecule has 1 amide bonds. The number of aryl methyl sites for hydroxylation is 1. The van der Waals surface area contributed by atoms with E-state index in [1.54, 1.807) is 0 Å². The van der Waals surface area contributed by atoms with Gasteiger partial charge in [-0.15, -0.1) is 0 Å². The quantitative estimate of drug-likeness (QED) is 0.395. The summed E-state index contributed by atoms with van der Waals surface area (Å²) in [5, 5.41) is 2.13. The maximum atomic E-state index is 12.9. The van der Waals surface area contributed by atoms with E-state index in [9.17, 15) is 35.9 Å². The third kappa shape index (κ3) is 6.80. The first-order chi connectivity index (χ1) is 13.4. The number of carbonyl (C=O) groups excluding carboxylic acids is 1. The summed E-state index contributed by atoms with van der Waals surface area (Å²) in [6.07, 6.45) is -8.76. The molecular weight excluding hydrogens is 424 g/mol. The zero-order valence-corrected chi connectivity index (χ0v) is 15.7. The predicted octanol–water partition coefficient (Wildman–Crippen LogP) is 4.49. The van der Waals surface area contributed by atoms with Gasteiger partial charge in [-0.25, -0.2) is 4.98 Å². The molecule has 1 heterocycles. The summed E-state index contributed by atoms with van der Waals surface area (Å²) in [6, 6.07) is 2.10. The van der Waals surface area contributed by atoms with Gasteiger partial charge >= 0.3 is 12.4 Å². The lowest BCUT2D eigenvalue weighted by molar-refractivity contribution is -0.143. The summed E-state index contributed by atoms with van der Waals surface area (Å²) in [4.78, 5) is 30.1. The Morgan fingerprint density at radius 2 is 1.66 bits per heavy atom. The Morgan fingerprint density at radius 1 is 1.07 bits per heavy atom. The van der Waals surface area contributed by atoms with Crippen molar-refractivity contribution in [2.75, 3.05) is 11.1 Å². The number of aromatic nitrogens is 2. The van der Waals surface area contributed by atoms with E-state index in [2.05, 4.69) is 9.97 Å². The number of carbonyl (C=O) groups is 1. The van der Waals surface area contributed by atoms with Gasteiger partial charge in [-0.1, -0.05) is 25.1 Å².